The van der Waals surface area contributed by atoms with Crippen LogP contribution in [0.3, 0.4) is 0 Å². The van der Waals surface area contributed by atoms with Crippen molar-refractivity contribution in [3.8, 4) is 22.8 Å². The summed E-state index contributed by atoms with van der Waals surface area (Å²) in [7, 11) is 0. The predicted octanol–water partition coefficient (Wildman–Crippen LogP) is 4.39. The van der Waals surface area contributed by atoms with Crippen LogP contribution in [-0.2, 0) is 6.54 Å². The van der Waals surface area contributed by atoms with E-state index in [1.165, 1.54) is 22.3 Å². The molecule has 0 fully saturated rings. The van der Waals surface area contributed by atoms with Crippen LogP contribution < -0.4 is 10.6 Å². The van der Waals surface area contributed by atoms with Crippen LogP contribution in [0.1, 0.15) is 30.9 Å². The molecule has 158 valence electrons. The first-order chi connectivity index (χ1) is 15.3. The molecule has 0 saturated heterocycles. The van der Waals surface area contributed by atoms with Crippen LogP contribution in [0.4, 0.5) is 0 Å². The topological polar surface area (TPSA) is 54.8 Å². The molecular weight excluding hydrogens is 382 g/mol. The molecule has 0 saturated carbocycles. The van der Waals surface area contributed by atoms with E-state index >= 15 is 0 Å². The zero-order valence-corrected chi connectivity index (χ0v) is 18.1. The molecule has 1 aromatic heterocycles. The first kappa shape index (κ1) is 19.9. The fourth-order valence-electron chi connectivity index (χ4n) is 4.47. The Morgan fingerprint density at radius 3 is 1.45 bits per heavy atom. The quantitative estimate of drug-likeness (QED) is 0.654. The number of rotatable bonds is 5. The van der Waals surface area contributed by atoms with Crippen LogP contribution in [0.15, 0.2) is 60.7 Å². The van der Waals surface area contributed by atoms with Gasteiger partial charge in [0.2, 0.25) is 0 Å². The van der Waals surface area contributed by atoms with Crippen LogP contribution in [-0.4, -0.2) is 40.9 Å². The molecule has 2 aromatic carbocycles. The van der Waals surface area contributed by atoms with Gasteiger partial charge in [-0.25, -0.2) is 0 Å². The number of nitrogens with one attached hydrogen (secondary N) is 2. The number of hydrogen-bond acceptors (Lipinski definition) is 4. The SMILES string of the molecule is CCn1c(-c2ccc(C3=CCNCC3)cc2)nnc1-c1ccc(C2=CCNCC2)cc1. The second-order valence-corrected chi connectivity index (χ2v) is 8.11. The lowest BCUT2D eigenvalue weighted by atomic mass is 9.99. The second kappa shape index (κ2) is 9.00. The highest BCUT2D eigenvalue weighted by Gasteiger charge is 2.15. The molecule has 2 aliphatic rings. The van der Waals surface area contributed by atoms with E-state index in [9.17, 15) is 0 Å². The van der Waals surface area contributed by atoms with Gasteiger partial charge in [-0.05, 0) is 55.1 Å². The van der Waals surface area contributed by atoms with E-state index in [-0.39, 0.29) is 0 Å². The minimum Gasteiger partial charge on any atom is -0.313 e. The highest BCUT2D eigenvalue weighted by molar-refractivity contribution is 5.72. The van der Waals surface area contributed by atoms with Crippen molar-refractivity contribution in [2.45, 2.75) is 26.3 Å². The lowest BCUT2D eigenvalue weighted by molar-refractivity contribution is 0.738. The Bertz CT molecular complexity index is 1020. The molecule has 31 heavy (non-hydrogen) atoms. The standard InChI is InChI=1S/C26H29N5/c1-2-31-25(23-7-3-19(4-8-23)21-11-15-27-16-12-21)29-30-26(31)24-9-5-20(6-10-24)22-13-17-28-18-14-22/h3-11,13,27-28H,2,12,14-18H2,1H3. The van der Waals surface area contributed by atoms with Crippen molar-refractivity contribution in [2.75, 3.05) is 26.2 Å². The summed E-state index contributed by atoms with van der Waals surface area (Å²) < 4.78 is 2.21. The summed E-state index contributed by atoms with van der Waals surface area (Å²) in [5.74, 6) is 1.85. The highest BCUT2D eigenvalue weighted by atomic mass is 15.3. The van der Waals surface area contributed by atoms with Gasteiger partial charge >= 0.3 is 0 Å². The minimum absolute atomic E-state index is 0.828. The Hall–Kier alpha value is -3.02. The van der Waals surface area contributed by atoms with Gasteiger partial charge in [-0.15, -0.1) is 10.2 Å². The van der Waals surface area contributed by atoms with Crippen LogP contribution in [0.2, 0.25) is 0 Å². The molecule has 5 nitrogen and oxygen atoms in total. The third-order valence-electron chi connectivity index (χ3n) is 6.22. The average Bonchev–Trinajstić information content (AvgIpc) is 3.29. The molecule has 3 heterocycles. The smallest absolute Gasteiger partial charge is 0.164 e. The Morgan fingerprint density at radius 2 is 1.10 bits per heavy atom. The lowest BCUT2D eigenvalue weighted by Gasteiger charge is -2.15. The van der Waals surface area contributed by atoms with Crippen molar-refractivity contribution in [3.63, 3.8) is 0 Å². The molecule has 0 spiro atoms. The van der Waals surface area contributed by atoms with Gasteiger partial charge in [-0.3, -0.25) is 0 Å². The Morgan fingerprint density at radius 1 is 0.677 bits per heavy atom. The van der Waals surface area contributed by atoms with E-state index in [1.807, 2.05) is 0 Å². The normalized spacial score (nSPS) is 16.7. The largest absolute Gasteiger partial charge is 0.313 e. The zero-order valence-electron chi connectivity index (χ0n) is 18.1. The van der Waals surface area contributed by atoms with Crippen molar-refractivity contribution in [1.29, 1.82) is 0 Å². The summed E-state index contributed by atoms with van der Waals surface area (Å²) in [6.07, 6.45) is 6.74. The molecule has 0 aliphatic carbocycles. The summed E-state index contributed by atoms with van der Waals surface area (Å²) in [5.41, 5.74) is 7.66. The van der Waals surface area contributed by atoms with E-state index in [0.717, 1.165) is 68.3 Å². The number of hydrogen-bond donors (Lipinski definition) is 2. The minimum atomic E-state index is 0.828. The van der Waals surface area contributed by atoms with Crippen molar-refractivity contribution < 1.29 is 0 Å². The Kier molecular flexibility index (Phi) is 5.78. The first-order valence-corrected chi connectivity index (χ1v) is 11.3. The fourth-order valence-corrected chi connectivity index (χ4v) is 4.47. The van der Waals surface area contributed by atoms with Crippen molar-refractivity contribution in [1.82, 2.24) is 25.4 Å². The molecule has 0 radical (unpaired) electrons. The fraction of sp³-hybridized carbons (Fsp3) is 0.308. The zero-order chi connectivity index (χ0) is 21.0. The molecular formula is C26H29N5. The van der Waals surface area contributed by atoms with Crippen molar-refractivity contribution >= 4 is 11.1 Å². The molecule has 5 heteroatoms. The number of benzene rings is 2. The van der Waals surface area contributed by atoms with Crippen LogP contribution in [0, 0.1) is 0 Å². The van der Waals surface area contributed by atoms with Crippen LogP contribution >= 0.6 is 0 Å². The summed E-state index contributed by atoms with van der Waals surface area (Å²) in [6, 6.07) is 17.5. The first-order valence-electron chi connectivity index (χ1n) is 11.3. The highest BCUT2D eigenvalue weighted by Crippen LogP contribution is 2.28. The van der Waals surface area contributed by atoms with E-state index < -0.39 is 0 Å². The van der Waals surface area contributed by atoms with Crippen LogP contribution in [0.5, 0.6) is 0 Å². The van der Waals surface area contributed by atoms with Gasteiger partial charge in [0.25, 0.3) is 0 Å². The third kappa shape index (κ3) is 4.11. The van der Waals surface area contributed by atoms with E-state index in [1.54, 1.807) is 0 Å². The monoisotopic (exact) mass is 411 g/mol. The summed E-state index contributed by atoms with van der Waals surface area (Å²) in [4.78, 5) is 0. The van der Waals surface area contributed by atoms with E-state index in [2.05, 4.69) is 93.0 Å². The molecule has 2 aliphatic heterocycles. The number of nitrogens with zero attached hydrogens (tertiary/aromatic N) is 3. The van der Waals surface area contributed by atoms with Gasteiger partial charge < -0.3 is 15.2 Å². The summed E-state index contributed by atoms with van der Waals surface area (Å²) in [5, 5.41) is 15.9. The van der Waals surface area contributed by atoms with Crippen molar-refractivity contribution in [2.24, 2.45) is 0 Å². The van der Waals surface area contributed by atoms with Gasteiger partial charge in [0.05, 0.1) is 0 Å². The number of aromatic nitrogens is 3. The third-order valence-corrected chi connectivity index (χ3v) is 6.22. The van der Waals surface area contributed by atoms with E-state index in [4.69, 9.17) is 0 Å². The maximum absolute atomic E-state index is 4.56. The Balaban J connectivity index is 1.42. The molecule has 0 amide bonds. The summed E-state index contributed by atoms with van der Waals surface area (Å²) >= 11 is 0. The maximum atomic E-state index is 4.56. The van der Waals surface area contributed by atoms with E-state index in [0.29, 0.717) is 0 Å². The van der Waals surface area contributed by atoms with Gasteiger partial charge in [0, 0.05) is 30.8 Å². The molecule has 2 N–H and O–H groups in total. The average molecular weight is 412 g/mol. The maximum Gasteiger partial charge on any atom is 0.164 e. The lowest BCUT2D eigenvalue weighted by Crippen LogP contribution is -2.19. The molecule has 0 unspecified atom stereocenters. The summed E-state index contributed by atoms with van der Waals surface area (Å²) in [6.45, 7) is 6.99. The van der Waals surface area contributed by atoms with Crippen LogP contribution in [0.25, 0.3) is 33.9 Å². The molecule has 0 bridgehead atoms. The van der Waals surface area contributed by atoms with Gasteiger partial charge in [-0.1, -0.05) is 60.7 Å². The molecule has 5 rings (SSSR count). The van der Waals surface area contributed by atoms with Gasteiger partial charge in [0.15, 0.2) is 11.6 Å². The molecule has 3 aromatic rings. The second-order valence-electron chi connectivity index (χ2n) is 8.11. The Labute approximate surface area is 183 Å². The van der Waals surface area contributed by atoms with Crippen molar-refractivity contribution in [3.05, 3.63) is 71.8 Å². The van der Waals surface area contributed by atoms with Gasteiger partial charge in [0.1, 0.15) is 0 Å². The van der Waals surface area contributed by atoms with Gasteiger partial charge in [-0.2, -0.15) is 0 Å². The molecule has 0 atom stereocenters. The predicted molar refractivity (Wildman–Crippen MR) is 127 cm³/mol.